The summed E-state index contributed by atoms with van der Waals surface area (Å²) in [6.07, 6.45) is 0. The van der Waals surface area contributed by atoms with Crippen LogP contribution in [0.2, 0.25) is 0 Å². The molecule has 1 unspecified atom stereocenters. The lowest BCUT2D eigenvalue weighted by Gasteiger charge is -2.14. The first-order valence-corrected chi connectivity index (χ1v) is 8.05. The van der Waals surface area contributed by atoms with Crippen LogP contribution in [0.1, 0.15) is 17.2 Å². The zero-order valence-electron chi connectivity index (χ0n) is 10.7. The van der Waals surface area contributed by atoms with Crippen LogP contribution in [0.3, 0.4) is 0 Å². The third-order valence-electron chi connectivity index (χ3n) is 3.33. The van der Waals surface area contributed by atoms with Gasteiger partial charge < -0.3 is 10.6 Å². The molecule has 1 atom stereocenters. The number of hydrogen-bond donors (Lipinski definition) is 2. The van der Waals surface area contributed by atoms with Crippen LogP contribution >= 0.6 is 38.5 Å². The standard InChI is InChI=1S/C15H12BrIN2O/c1-8-2-4-10(7-12(8)17)18-14-11-6-9(16)3-5-13(11)19-15(14)20/h2-7,14,18H,1H3,(H,19,20). The molecule has 3 nitrogen and oxygen atoms in total. The van der Waals surface area contributed by atoms with Gasteiger partial charge in [-0.3, -0.25) is 4.79 Å². The Labute approximate surface area is 139 Å². The van der Waals surface area contributed by atoms with Crippen LogP contribution in [-0.4, -0.2) is 5.91 Å². The summed E-state index contributed by atoms with van der Waals surface area (Å²) in [5, 5.41) is 6.20. The van der Waals surface area contributed by atoms with Crippen molar-refractivity contribution in [2.24, 2.45) is 0 Å². The van der Waals surface area contributed by atoms with E-state index < -0.39 is 0 Å². The maximum atomic E-state index is 12.1. The van der Waals surface area contributed by atoms with Gasteiger partial charge in [-0.25, -0.2) is 0 Å². The fourth-order valence-electron chi connectivity index (χ4n) is 2.22. The number of halogens is 2. The molecule has 20 heavy (non-hydrogen) atoms. The molecule has 0 saturated carbocycles. The molecular weight excluding hydrogens is 431 g/mol. The maximum absolute atomic E-state index is 12.1. The molecule has 0 spiro atoms. The molecule has 3 rings (SSSR count). The van der Waals surface area contributed by atoms with Crippen LogP contribution in [0.4, 0.5) is 11.4 Å². The van der Waals surface area contributed by atoms with Crippen LogP contribution in [0.25, 0.3) is 0 Å². The zero-order valence-corrected chi connectivity index (χ0v) is 14.4. The second-order valence-electron chi connectivity index (χ2n) is 4.76. The third-order valence-corrected chi connectivity index (χ3v) is 4.98. The Morgan fingerprint density at radius 2 is 2.05 bits per heavy atom. The molecule has 0 bridgehead atoms. The van der Waals surface area contributed by atoms with Crippen LogP contribution in [-0.2, 0) is 4.79 Å². The highest BCUT2D eigenvalue weighted by Gasteiger charge is 2.30. The Kier molecular flexibility index (Phi) is 3.72. The number of carbonyl (C=O) groups is 1. The Bertz CT molecular complexity index is 702. The van der Waals surface area contributed by atoms with Crippen LogP contribution in [0.5, 0.6) is 0 Å². The van der Waals surface area contributed by atoms with Gasteiger partial charge in [-0.1, -0.05) is 22.0 Å². The number of amides is 1. The number of carbonyl (C=O) groups excluding carboxylic acids is 1. The quantitative estimate of drug-likeness (QED) is 0.674. The van der Waals surface area contributed by atoms with Gasteiger partial charge in [-0.15, -0.1) is 0 Å². The van der Waals surface area contributed by atoms with Crippen molar-refractivity contribution in [1.82, 2.24) is 0 Å². The lowest BCUT2D eigenvalue weighted by Crippen LogP contribution is -2.19. The Balaban J connectivity index is 1.93. The van der Waals surface area contributed by atoms with Crippen molar-refractivity contribution < 1.29 is 4.79 Å². The van der Waals surface area contributed by atoms with Crippen LogP contribution in [0, 0.1) is 10.5 Å². The molecule has 1 amide bonds. The van der Waals surface area contributed by atoms with E-state index in [4.69, 9.17) is 0 Å². The van der Waals surface area contributed by atoms with Crippen molar-refractivity contribution >= 4 is 55.8 Å². The van der Waals surface area contributed by atoms with Crippen LogP contribution in [0.15, 0.2) is 40.9 Å². The number of aryl methyl sites for hydroxylation is 1. The lowest BCUT2D eigenvalue weighted by molar-refractivity contribution is -0.116. The van der Waals surface area contributed by atoms with Gasteiger partial charge in [0.1, 0.15) is 6.04 Å². The molecular formula is C15H12BrIN2O. The maximum Gasteiger partial charge on any atom is 0.251 e. The summed E-state index contributed by atoms with van der Waals surface area (Å²) in [6.45, 7) is 2.07. The van der Waals surface area contributed by atoms with Gasteiger partial charge in [-0.05, 0) is 65.4 Å². The minimum absolute atomic E-state index is 0.0197. The number of fused-ring (bicyclic) bond motifs is 1. The van der Waals surface area contributed by atoms with E-state index in [1.165, 1.54) is 9.13 Å². The van der Waals surface area contributed by atoms with E-state index in [0.717, 1.165) is 21.4 Å². The molecule has 1 aliphatic rings. The van der Waals surface area contributed by atoms with E-state index in [9.17, 15) is 4.79 Å². The summed E-state index contributed by atoms with van der Waals surface area (Å²) in [5.74, 6) is -0.0197. The van der Waals surface area contributed by atoms with Crippen molar-refractivity contribution in [2.45, 2.75) is 13.0 Å². The molecule has 0 aromatic heterocycles. The fraction of sp³-hybridized carbons (Fsp3) is 0.133. The van der Waals surface area contributed by atoms with Crippen molar-refractivity contribution in [1.29, 1.82) is 0 Å². The summed E-state index contributed by atoms with van der Waals surface area (Å²) in [7, 11) is 0. The summed E-state index contributed by atoms with van der Waals surface area (Å²) in [4.78, 5) is 12.1. The van der Waals surface area contributed by atoms with E-state index in [1.54, 1.807) is 0 Å². The number of benzene rings is 2. The van der Waals surface area contributed by atoms with E-state index >= 15 is 0 Å². The number of anilines is 2. The predicted octanol–water partition coefficient (Wildman–Crippen LogP) is 4.47. The fourth-order valence-corrected chi connectivity index (χ4v) is 3.12. The van der Waals surface area contributed by atoms with Gasteiger partial charge in [0.25, 0.3) is 5.91 Å². The number of rotatable bonds is 2. The highest BCUT2D eigenvalue weighted by molar-refractivity contribution is 14.1. The van der Waals surface area contributed by atoms with Gasteiger partial charge in [0.05, 0.1) is 0 Å². The highest BCUT2D eigenvalue weighted by atomic mass is 127. The van der Waals surface area contributed by atoms with E-state index in [1.807, 2.05) is 24.3 Å². The normalized spacial score (nSPS) is 16.8. The molecule has 0 saturated heterocycles. The SMILES string of the molecule is Cc1ccc(NC2C(=O)Nc3ccc(Br)cc32)cc1I. The molecule has 5 heteroatoms. The zero-order chi connectivity index (χ0) is 14.3. The van der Waals surface area contributed by atoms with Crippen molar-refractivity contribution in [3.8, 4) is 0 Å². The predicted molar refractivity (Wildman–Crippen MR) is 93.0 cm³/mol. The van der Waals surface area contributed by atoms with E-state index in [-0.39, 0.29) is 11.9 Å². The van der Waals surface area contributed by atoms with Gasteiger partial charge in [0.2, 0.25) is 0 Å². The third kappa shape index (κ3) is 2.56. The highest BCUT2D eigenvalue weighted by Crippen LogP contribution is 2.35. The summed E-state index contributed by atoms with van der Waals surface area (Å²) >= 11 is 5.75. The molecule has 2 N–H and O–H groups in total. The molecule has 2 aromatic rings. The lowest BCUT2D eigenvalue weighted by atomic mass is 10.1. The Morgan fingerprint density at radius 1 is 1.25 bits per heavy atom. The van der Waals surface area contributed by atoms with Gasteiger partial charge in [0.15, 0.2) is 0 Å². The average Bonchev–Trinajstić information content (AvgIpc) is 2.70. The van der Waals surface area contributed by atoms with Gasteiger partial charge >= 0.3 is 0 Å². The second-order valence-corrected chi connectivity index (χ2v) is 6.84. The monoisotopic (exact) mass is 442 g/mol. The smallest absolute Gasteiger partial charge is 0.251 e. The van der Waals surface area contributed by atoms with E-state index in [2.05, 4.69) is 68.2 Å². The molecule has 2 aromatic carbocycles. The molecule has 1 aliphatic heterocycles. The minimum Gasteiger partial charge on any atom is -0.370 e. The first-order valence-electron chi connectivity index (χ1n) is 6.17. The number of nitrogens with one attached hydrogen (secondary N) is 2. The molecule has 0 fully saturated rings. The van der Waals surface area contributed by atoms with Crippen LogP contribution < -0.4 is 10.6 Å². The van der Waals surface area contributed by atoms with Crippen molar-refractivity contribution in [3.05, 3.63) is 55.6 Å². The van der Waals surface area contributed by atoms with E-state index in [0.29, 0.717) is 0 Å². The van der Waals surface area contributed by atoms with Gasteiger partial charge in [0, 0.05) is 25.0 Å². The Morgan fingerprint density at radius 3 is 2.80 bits per heavy atom. The molecule has 1 heterocycles. The first-order chi connectivity index (χ1) is 9.54. The Hall–Kier alpha value is -1.08. The largest absolute Gasteiger partial charge is 0.370 e. The number of hydrogen-bond acceptors (Lipinski definition) is 2. The van der Waals surface area contributed by atoms with Crippen molar-refractivity contribution in [3.63, 3.8) is 0 Å². The first kappa shape index (κ1) is 13.9. The average molecular weight is 443 g/mol. The minimum atomic E-state index is -0.346. The summed E-state index contributed by atoms with van der Waals surface area (Å²) in [5.41, 5.74) is 4.03. The summed E-state index contributed by atoms with van der Waals surface area (Å²) in [6, 6.07) is 11.6. The topological polar surface area (TPSA) is 41.1 Å². The van der Waals surface area contributed by atoms with Crippen molar-refractivity contribution in [2.75, 3.05) is 10.6 Å². The molecule has 0 aliphatic carbocycles. The molecule has 102 valence electrons. The van der Waals surface area contributed by atoms with Gasteiger partial charge in [-0.2, -0.15) is 0 Å². The molecule has 0 radical (unpaired) electrons. The summed E-state index contributed by atoms with van der Waals surface area (Å²) < 4.78 is 2.15. The second kappa shape index (κ2) is 5.37.